The molecule has 0 bridgehead atoms. The van der Waals surface area contributed by atoms with Crippen LogP contribution >= 0.6 is 0 Å². The molecule has 2 rings (SSSR count). The third kappa shape index (κ3) is 4.17. The van der Waals surface area contributed by atoms with Crippen molar-refractivity contribution in [2.75, 3.05) is 19.6 Å². The van der Waals surface area contributed by atoms with Crippen LogP contribution in [0.15, 0.2) is 4.99 Å². The molecule has 0 aliphatic carbocycles. The maximum absolute atomic E-state index is 9.70. The average Bonchev–Trinajstić information content (AvgIpc) is 3.03. The lowest BCUT2D eigenvalue weighted by molar-refractivity contribution is 0.187. The third-order valence-electron chi connectivity index (χ3n) is 3.83. The summed E-state index contributed by atoms with van der Waals surface area (Å²) in [6.45, 7) is 6.99. The summed E-state index contributed by atoms with van der Waals surface area (Å²) in [7, 11) is 1.95. The number of aromatic nitrogens is 3. The molecule has 0 unspecified atom stereocenters. The number of rotatable bonds is 5. The topological polar surface area (TPSA) is 78.6 Å². The highest BCUT2D eigenvalue weighted by molar-refractivity contribution is 5.80. The average molecular weight is 294 g/mol. The van der Waals surface area contributed by atoms with Crippen LogP contribution in [-0.2, 0) is 13.6 Å². The molecule has 1 aromatic rings. The Bertz CT molecular complexity index is 484. The molecule has 0 aromatic carbocycles. The Kier molecular flexibility index (Phi) is 5.55. The summed E-state index contributed by atoms with van der Waals surface area (Å²) in [5.41, 5.74) is 0. The summed E-state index contributed by atoms with van der Waals surface area (Å²) in [5, 5.41) is 21.3. The number of unbranched alkanes of at least 4 members (excludes halogenated alkanes) is 1. The monoisotopic (exact) mass is 294 g/mol. The molecule has 0 saturated carbocycles. The summed E-state index contributed by atoms with van der Waals surface area (Å²) in [6, 6.07) is 0. The Labute approximate surface area is 126 Å². The molecule has 0 radical (unpaired) electrons. The van der Waals surface area contributed by atoms with Crippen LogP contribution < -0.4 is 5.32 Å². The van der Waals surface area contributed by atoms with Gasteiger partial charge < -0.3 is 19.9 Å². The van der Waals surface area contributed by atoms with Gasteiger partial charge in [0, 0.05) is 26.7 Å². The second-order valence-corrected chi connectivity index (χ2v) is 5.53. The fourth-order valence-electron chi connectivity index (χ4n) is 2.31. The zero-order valence-electron chi connectivity index (χ0n) is 13.2. The van der Waals surface area contributed by atoms with Crippen molar-refractivity contribution >= 4 is 5.96 Å². The number of nitrogens with zero attached hydrogens (tertiary/aromatic N) is 5. The van der Waals surface area contributed by atoms with E-state index in [1.54, 1.807) is 0 Å². The number of aliphatic hydroxyl groups is 1. The van der Waals surface area contributed by atoms with Crippen LogP contribution in [0.1, 0.15) is 37.8 Å². The van der Waals surface area contributed by atoms with E-state index in [9.17, 15) is 5.11 Å². The molecule has 1 atom stereocenters. The van der Waals surface area contributed by atoms with Crippen molar-refractivity contribution in [3.8, 4) is 0 Å². The molecule has 7 heteroatoms. The van der Waals surface area contributed by atoms with Crippen LogP contribution in [0.5, 0.6) is 0 Å². The van der Waals surface area contributed by atoms with E-state index >= 15 is 0 Å². The molecule has 0 amide bonds. The van der Waals surface area contributed by atoms with Crippen molar-refractivity contribution in [1.29, 1.82) is 0 Å². The minimum absolute atomic E-state index is 0.250. The Balaban J connectivity index is 2.02. The van der Waals surface area contributed by atoms with E-state index in [4.69, 9.17) is 0 Å². The Morgan fingerprint density at radius 3 is 2.86 bits per heavy atom. The van der Waals surface area contributed by atoms with E-state index in [0.717, 1.165) is 50.0 Å². The SMILES string of the molecule is CCCCNC(=NCc1nnc(C)n1C)N1CC[C@@H](O)C1. The Morgan fingerprint density at radius 2 is 2.29 bits per heavy atom. The van der Waals surface area contributed by atoms with Crippen LogP contribution in [0.4, 0.5) is 0 Å². The van der Waals surface area contributed by atoms with Gasteiger partial charge in [-0.25, -0.2) is 4.99 Å². The zero-order chi connectivity index (χ0) is 15.2. The molecular formula is C14H26N6O. The number of guanidine groups is 1. The van der Waals surface area contributed by atoms with Gasteiger partial charge in [0.05, 0.1) is 6.10 Å². The zero-order valence-corrected chi connectivity index (χ0v) is 13.2. The van der Waals surface area contributed by atoms with Crippen molar-refractivity contribution in [1.82, 2.24) is 25.0 Å². The summed E-state index contributed by atoms with van der Waals surface area (Å²) >= 11 is 0. The van der Waals surface area contributed by atoms with Crippen molar-refractivity contribution in [3.63, 3.8) is 0 Å². The second-order valence-electron chi connectivity index (χ2n) is 5.53. The number of hydrogen-bond acceptors (Lipinski definition) is 4. The van der Waals surface area contributed by atoms with Crippen LogP contribution in [0.25, 0.3) is 0 Å². The highest BCUT2D eigenvalue weighted by Gasteiger charge is 2.23. The van der Waals surface area contributed by atoms with E-state index in [1.807, 2.05) is 18.5 Å². The van der Waals surface area contributed by atoms with Gasteiger partial charge in [-0.15, -0.1) is 10.2 Å². The van der Waals surface area contributed by atoms with Gasteiger partial charge in [0.1, 0.15) is 12.4 Å². The van der Waals surface area contributed by atoms with Gasteiger partial charge in [0.15, 0.2) is 11.8 Å². The highest BCUT2D eigenvalue weighted by atomic mass is 16.3. The number of hydrogen-bond donors (Lipinski definition) is 2. The number of aliphatic hydroxyl groups excluding tert-OH is 1. The van der Waals surface area contributed by atoms with Gasteiger partial charge in [0.25, 0.3) is 0 Å². The van der Waals surface area contributed by atoms with Gasteiger partial charge in [-0.05, 0) is 19.8 Å². The maximum Gasteiger partial charge on any atom is 0.194 e. The van der Waals surface area contributed by atoms with Gasteiger partial charge in [0.2, 0.25) is 0 Å². The van der Waals surface area contributed by atoms with Gasteiger partial charge in [-0.2, -0.15) is 0 Å². The largest absolute Gasteiger partial charge is 0.391 e. The molecule has 1 fully saturated rings. The molecule has 1 aliphatic heterocycles. The van der Waals surface area contributed by atoms with Gasteiger partial charge in [-0.1, -0.05) is 13.3 Å². The summed E-state index contributed by atoms with van der Waals surface area (Å²) in [5.74, 6) is 2.60. The molecular weight excluding hydrogens is 268 g/mol. The smallest absolute Gasteiger partial charge is 0.194 e. The maximum atomic E-state index is 9.70. The van der Waals surface area contributed by atoms with Gasteiger partial charge >= 0.3 is 0 Å². The molecule has 0 spiro atoms. The van der Waals surface area contributed by atoms with Crippen LogP contribution in [0.2, 0.25) is 0 Å². The lowest BCUT2D eigenvalue weighted by Gasteiger charge is -2.21. The first-order chi connectivity index (χ1) is 10.1. The minimum atomic E-state index is -0.250. The normalized spacial score (nSPS) is 19.3. The molecule has 2 heterocycles. The van der Waals surface area contributed by atoms with E-state index < -0.39 is 0 Å². The first-order valence-corrected chi connectivity index (χ1v) is 7.68. The van der Waals surface area contributed by atoms with E-state index in [-0.39, 0.29) is 6.10 Å². The molecule has 1 aliphatic rings. The number of aryl methyl sites for hydroxylation is 1. The first-order valence-electron chi connectivity index (χ1n) is 7.68. The van der Waals surface area contributed by atoms with Crippen molar-refractivity contribution < 1.29 is 5.11 Å². The van der Waals surface area contributed by atoms with Crippen molar-refractivity contribution in [2.45, 2.75) is 45.8 Å². The second kappa shape index (κ2) is 7.40. The summed E-state index contributed by atoms with van der Waals surface area (Å²) in [4.78, 5) is 6.77. The Morgan fingerprint density at radius 1 is 1.48 bits per heavy atom. The molecule has 118 valence electrons. The third-order valence-corrected chi connectivity index (χ3v) is 3.83. The quantitative estimate of drug-likeness (QED) is 0.468. The standard InChI is InChI=1S/C14H26N6O/c1-4-5-7-15-14(20-8-6-12(21)10-20)16-9-13-18-17-11(2)19(13)3/h12,21H,4-10H2,1-3H3,(H,15,16)/t12-/m1/s1. The van der Waals surface area contributed by atoms with E-state index in [0.29, 0.717) is 13.1 Å². The summed E-state index contributed by atoms with van der Waals surface area (Å²) < 4.78 is 1.95. The first kappa shape index (κ1) is 15.8. The van der Waals surface area contributed by atoms with Crippen LogP contribution in [-0.4, -0.2) is 56.5 Å². The summed E-state index contributed by atoms with van der Waals surface area (Å²) in [6.07, 6.45) is 2.81. The molecule has 1 saturated heterocycles. The molecule has 1 aromatic heterocycles. The number of aliphatic imine (C=N–C) groups is 1. The van der Waals surface area contributed by atoms with Gasteiger partial charge in [-0.3, -0.25) is 0 Å². The number of β-amino-alcohol motifs (C(OH)–C–C–N with tert-alkyl or cyclic N) is 1. The predicted molar refractivity (Wildman–Crippen MR) is 82.0 cm³/mol. The molecule has 7 nitrogen and oxygen atoms in total. The predicted octanol–water partition coefficient (Wildman–Crippen LogP) is 0.436. The minimum Gasteiger partial charge on any atom is -0.391 e. The fourth-order valence-corrected chi connectivity index (χ4v) is 2.31. The van der Waals surface area contributed by atoms with E-state index in [1.165, 1.54) is 0 Å². The molecule has 2 N–H and O–H groups in total. The van der Waals surface area contributed by atoms with Crippen molar-refractivity contribution in [2.24, 2.45) is 12.0 Å². The highest BCUT2D eigenvalue weighted by Crippen LogP contribution is 2.09. The van der Waals surface area contributed by atoms with E-state index in [2.05, 4.69) is 32.3 Å². The fraction of sp³-hybridized carbons (Fsp3) is 0.786. The van der Waals surface area contributed by atoms with Crippen LogP contribution in [0, 0.1) is 6.92 Å². The molecule has 21 heavy (non-hydrogen) atoms. The lowest BCUT2D eigenvalue weighted by Crippen LogP contribution is -2.41. The number of likely N-dealkylation sites (tertiary alicyclic amines) is 1. The van der Waals surface area contributed by atoms with Crippen molar-refractivity contribution in [3.05, 3.63) is 11.6 Å². The Hall–Kier alpha value is -1.63. The number of nitrogens with one attached hydrogen (secondary N) is 1. The van der Waals surface area contributed by atoms with Crippen LogP contribution in [0.3, 0.4) is 0 Å². The lowest BCUT2D eigenvalue weighted by atomic mass is 10.3.